The fraction of sp³-hybridized carbons (Fsp3) is 0. The molecule has 0 rings (SSSR count). The van der Waals surface area contributed by atoms with Gasteiger partial charge in [-0.2, -0.15) is 4.40 Å². The molecule has 0 N–H and O–H groups in total. The lowest BCUT2D eigenvalue weighted by molar-refractivity contribution is -0.106. The van der Waals surface area contributed by atoms with Gasteiger partial charge in [-0.05, 0) is 22.3 Å². The van der Waals surface area contributed by atoms with Gasteiger partial charge in [0.2, 0.25) is 0 Å². The van der Waals surface area contributed by atoms with Crippen LogP contribution in [0.15, 0.2) is 4.40 Å². The summed E-state index contributed by atoms with van der Waals surface area (Å²) >= 11 is 10.5. The molecular weight excluding hydrogens is 192 g/mol. The topological polar surface area (TPSA) is 29.4 Å². The van der Waals surface area contributed by atoms with Crippen molar-refractivity contribution in [3.63, 3.8) is 0 Å². The molecule has 0 unspecified atom stereocenters. The second-order valence-electron chi connectivity index (χ2n) is 0.725. The second kappa shape index (κ2) is 4.44. The van der Waals surface area contributed by atoms with Crippen LogP contribution in [-0.2, 0) is 4.79 Å². The summed E-state index contributed by atoms with van der Waals surface area (Å²) in [6, 6.07) is 0. The van der Waals surface area contributed by atoms with E-state index in [1.165, 1.54) is 0 Å². The molecule has 0 fully saturated rings. The average molecular weight is 192 g/mol. The summed E-state index contributed by atoms with van der Waals surface area (Å²) in [5, 5.41) is -1.12. The summed E-state index contributed by atoms with van der Waals surface area (Å²) in [6.45, 7) is 0. The summed E-state index contributed by atoms with van der Waals surface area (Å²) in [5.74, 6) is 0. The van der Waals surface area contributed by atoms with E-state index in [1.807, 2.05) is 0 Å². The van der Waals surface area contributed by atoms with Crippen LogP contribution in [0.3, 0.4) is 0 Å². The number of nitrogens with zero attached hydrogens (tertiary/aromatic N) is 1. The first-order valence-electron chi connectivity index (χ1n) is 1.39. The SMILES string of the molecule is O=C(Cl)C(Cl)=NSCl. The Morgan fingerprint density at radius 3 is 2.12 bits per heavy atom. The lowest BCUT2D eigenvalue weighted by atomic mass is 10.8. The van der Waals surface area contributed by atoms with Crippen molar-refractivity contribution < 1.29 is 4.79 Å². The van der Waals surface area contributed by atoms with E-state index in [1.54, 1.807) is 0 Å². The fourth-order valence-corrected chi connectivity index (χ4v) is 0.719. The Hall–Kier alpha value is 0.560. The zero-order valence-corrected chi connectivity index (χ0v) is 6.48. The highest BCUT2D eigenvalue weighted by Gasteiger charge is 2.01. The molecule has 0 aromatic heterocycles. The minimum Gasteiger partial charge on any atom is -0.273 e. The quantitative estimate of drug-likeness (QED) is 0.381. The molecule has 8 heavy (non-hydrogen) atoms. The molecule has 0 aromatic carbocycles. The van der Waals surface area contributed by atoms with Gasteiger partial charge in [0.15, 0.2) is 5.17 Å². The predicted octanol–water partition coefficient (Wildman–Crippen LogP) is 2.19. The molecule has 0 aliphatic rings. The van der Waals surface area contributed by atoms with Gasteiger partial charge in [0, 0.05) is 0 Å². The van der Waals surface area contributed by atoms with Crippen LogP contribution in [-0.4, -0.2) is 10.4 Å². The van der Waals surface area contributed by atoms with Crippen molar-refractivity contribution in [1.82, 2.24) is 0 Å². The maximum atomic E-state index is 9.96. The van der Waals surface area contributed by atoms with Crippen LogP contribution in [0.5, 0.6) is 0 Å². The maximum Gasteiger partial charge on any atom is 0.283 e. The van der Waals surface area contributed by atoms with Crippen LogP contribution in [0.25, 0.3) is 0 Å². The molecule has 0 saturated carbocycles. The summed E-state index contributed by atoms with van der Waals surface area (Å²) < 4.78 is 3.21. The van der Waals surface area contributed by atoms with Crippen LogP contribution in [0.1, 0.15) is 0 Å². The highest BCUT2D eigenvalue weighted by Crippen LogP contribution is 2.09. The molecule has 0 saturated heterocycles. The van der Waals surface area contributed by atoms with Crippen molar-refractivity contribution in [2.24, 2.45) is 4.40 Å². The van der Waals surface area contributed by atoms with Gasteiger partial charge in [0.25, 0.3) is 5.24 Å². The minimum absolute atomic E-state index is 0.313. The Bertz CT molecular complexity index is 124. The highest BCUT2D eigenvalue weighted by molar-refractivity contribution is 8.20. The van der Waals surface area contributed by atoms with E-state index in [-0.39, 0.29) is 5.17 Å². The smallest absolute Gasteiger partial charge is 0.273 e. The van der Waals surface area contributed by atoms with E-state index in [2.05, 4.69) is 4.40 Å². The molecule has 0 aliphatic heterocycles. The Morgan fingerprint density at radius 1 is 1.50 bits per heavy atom. The summed E-state index contributed by atoms with van der Waals surface area (Å²) in [5.41, 5.74) is 0. The second-order valence-corrected chi connectivity index (χ2v) is 2.16. The third-order valence-electron chi connectivity index (χ3n) is 0.277. The molecular formula is C2Cl3NOS. The Morgan fingerprint density at radius 2 is 2.00 bits per heavy atom. The first-order valence-corrected chi connectivity index (χ1v) is 3.75. The fourth-order valence-electron chi connectivity index (χ4n) is 0.0662. The van der Waals surface area contributed by atoms with E-state index in [4.69, 9.17) is 33.9 Å². The van der Waals surface area contributed by atoms with Crippen molar-refractivity contribution in [3.05, 3.63) is 0 Å². The lowest BCUT2D eigenvalue weighted by Crippen LogP contribution is -1.95. The van der Waals surface area contributed by atoms with Crippen LogP contribution >= 0.6 is 45.0 Å². The van der Waals surface area contributed by atoms with Crippen LogP contribution < -0.4 is 0 Å². The predicted molar refractivity (Wildman–Crippen MR) is 37.6 cm³/mol. The van der Waals surface area contributed by atoms with Crippen molar-refractivity contribution in [1.29, 1.82) is 0 Å². The van der Waals surface area contributed by atoms with Crippen LogP contribution in [0.2, 0.25) is 0 Å². The molecule has 0 atom stereocenters. The zero-order valence-electron chi connectivity index (χ0n) is 3.40. The Kier molecular flexibility index (Phi) is 4.75. The molecule has 46 valence electrons. The number of carbonyl (C=O) groups excluding carboxylic acids is 1. The first-order chi connectivity index (χ1) is 3.68. The molecule has 0 heterocycles. The number of hydrogen-bond donors (Lipinski definition) is 0. The van der Waals surface area contributed by atoms with Gasteiger partial charge in [0.05, 0.1) is 11.2 Å². The molecule has 0 aliphatic carbocycles. The van der Waals surface area contributed by atoms with Gasteiger partial charge in [-0.1, -0.05) is 11.6 Å². The van der Waals surface area contributed by atoms with Gasteiger partial charge >= 0.3 is 0 Å². The summed E-state index contributed by atoms with van der Waals surface area (Å²) in [7, 11) is 4.97. The minimum atomic E-state index is -0.806. The largest absolute Gasteiger partial charge is 0.283 e. The molecule has 0 spiro atoms. The standard InChI is InChI=1S/C2Cl3NOS/c3-1(2(4)7)6-8-5. The van der Waals surface area contributed by atoms with Gasteiger partial charge in [-0.15, -0.1) is 0 Å². The van der Waals surface area contributed by atoms with E-state index >= 15 is 0 Å². The van der Waals surface area contributed by atoms with Crippen molar-refractivity contribution in [3.8, 4) is 0 Å². The highest BCUT2D eigenvalue weighted by atomic mass is 35.7. The van der Waals surface area contributed by atoms with Crippen molar-refractivity contribution >= 4 is 55.5 Å². The van der Waals surface area contributed by atoms with Gasteiger partial charge in [-0.3, -0.25) is 4.79 Å². The van der Waals surface area contributed by atoms with Gasteiger partial charge in [0.1, 0.15) is 0 Å². The number of hydrogen-bond acceptors (Lipinski definition) is 3. The molecule has 2 nitrogen and oxygen atoms in total. The normalized spacial score (nSPS) is 11.6. The van der Waals surface area contributed by atoms with E-state index in [0.717, 1.165) is 0 Å². The molecule has 0 aromatic rings. The maximum absolute atomic E-state index is 9.96. The summed E-state index contributed by atoms with van der Waals surface area (Å²) in [4.78, 5) is 9.96. The zero-order chi connectivity index (χ0) is 6.57. The Labute approximate surface area is 64.8 Å². The molecule has 0 bridgehead atoms. The van der Waals surface area contributed by atoms with E-state index in [9.17, 15) is 4.79 Å². The van der Waals surface area contributed by atoms with Crippen molar-refractivity contribution in [2.45, 2.75) is 0 Å². The third-order valence-corrected chi connectivity index (χ3v) is 1.37. The number of halogens is 3. The van der Waals surface area contributed by atoms with E-state index in [0.29, 0.717) is 11.2 Å². The van der Waals surface area contributed by atoms with Gasteiger partial charge < -0.3 is 0 Å². The monoisotopic (exact) mass is 191 g/mol. The Balaban J connectivity index is 3.80. The van der Waals surface area contributed by atoms with Crippen LogP contribution in [0.4, 0.5) is 0 Å². The van der Waals surface area contributed by atoms with Crippen LogP contribution in [0, 0.1) is 0 Å². The lowest BCUT2D eigenvalue weighted by Gasteiger charge is -1.80. The average Bonchev–Trinajstić information content (AvgIpc) is 1.67. The molecule has 0 radical (unpaired) electrons. The molecule has 6 heteroatoms. The van der Waals surface area contributed by atoms with Gasteiger partial charge in [-0.25, -0.2) is 0 Å². The molecule has 0 amide bonds. The third kappa shape index (κ3) is 3.55. The number of rotatable bonds is 2. The number of carbonyl (C=O) groups is 1. The summed E-state index contributed by atoms with van der Waals surface area (Å²) in [6.07, 6.45) is 0. The van der Waals surface area contributed by atoms with Crippen molar-refractivity contribution in [2.75, 3.05) is 0 Å². The van der Waals surface area contributed by atoms with E-state index < -0.39 is 5.24 Å². The first kappa shape index (κ1) is 8.56.